The normalized spacial score (nSPS) is 17.4. The summed E-state index contributed by atoms with van der Waals surface area (Å²) < 4.78 is 5.50. The zero-order valence-corrected chi connectivity index (χ0v) is 16.9. The Labute approximate surface area is 176 Å². The SMILES string of the molecule is N#Cc1c(N2CCOC(CO)C2)sc(C(N)=NC=[N-])c1-c1ccc(Cl)cc1Cl. The van der Waals surface area contributed by atoms with Crippen LogP contribution in [0.2, 0.25) is 10.0 Å². The molecule has 7 nitrogen and oxygen atoms in total. The maximum Gasteiger partial charge on any atom is 0.110 e. The zero-order chi connectivity index (χ0) is 20.3. The van der Waals surface area contributed by atoms with Crippen LogP contribution in [0.25, 0.3) is 16.5 Å². The lowest BCUT2D eigenvalue weighted by atomic mass is 10.0. The highest BCUT2D eigenvalue weighted by Gasteiger charge is 2.28. The molecule has 1 fully saturated rings. The lowest BCUT2D eigenvalue weighted by Gasteiger charge is -2.32. The second-order valence-electron chi connectivity index (χ2n) is 5.97. The number of ether oxygens (including phenoxy) is 1. The molecule has 28 heavy (non-hydrogen) atoms. The van der Waals surface area contributed by atoms with Gasteiger partial charge in [-0.3, -0.25) is 0 Å². The minimum atomic E-state index is -0.342. The summed E-state index contributed by atoms with van der Waals surface area (Å²) >= 11 is 13.7. The molecule has 0 radical (unpaired) electrons. The van der Waals surface area contributed by atoms with Crippen molar-refractivity contribution in [1.29, 1.82) is 5.26 Å². The van der Waals surface area contributed by atoms with E-state index in [-0.39, 0.29) is 18.5 Å². The fourth-order valence-electron chi connectivity index (χ4n) is 3.01. The smallest absolute Gasteiger partial charge is 0.110 e. The third kappa shape index (κ3) is 3.99. The number of hydrogen-bond donors (Lipinski definition) is 2. The molecular weight excluding hydrogens is 421 g/mol. The Hall–Kier alpha value is -2.15. The third-order valence-electron chi connectivity index (χ3n) is 4.26. The Balaban J connectivity index is 2.22. The maximum absolute atomic E-state index is 9.93. The number of nitriles is 1. The van der Waals surface area contributed by atoms with E-state index in [2.05, 4.69) is 11.1 Å². The van der Waals surface area contributed by atoms with E-state index in [9.17, 15) is 10.4 Å². The number of nitrogens with two attached hydrogens (primary N) is 1. The summed E-state index contributed by atoms with van der Waals surface area (Å²) in [7, 11) is 0. The molecule has 1 saturated heterocycles. The summed E-state index contributed by atoms with van der Waals surface area (Å²) in [5.74, 6) is 0.0586. The minimum absolute atomic E-state index is 0.0586. The van der Waals surface area contributed by atoms with Gasteiger partial charge in [0.15, 0.2) is 0 Å². The zero-order valence-electron chi connectivity index (χ0n) is 14.6. The number of hydrogen-bond acceptors (Lipinski definition) is 5. The van der Waals surface area contributed by atoms with Crippen LogP contribution >= 0.6 is 34.5 Å². The van der Waals surface area contributed by atoms with E-state index < -0.39 is 0 Å². The van der Waals surface area contributed by atoms with Crippen molar-refractivity contribution >= 4 is 51.7 Å². The number of nitrogens with zero attached hydrogens (tertiary/aromatic N) is 4. The predicted octanol–water partition coefficient (Wildman–Crippen LogP) is 3.09. The average molecular weight is 437 g/mol. The van der Waals surface area contributed by atoms with E-state index in [1.807, 2.05) is 4.90 Å². The van der Waals surface area contributed by atoms with E-state index in [1.54, 1.807) is 18.2 Å². The third-order valence-corrected chi connectivity index (χ3v) is 6.08. The number of aliphatic imine (C=N–C) groups is 1. The van der Waals surface area contributed by atoms with Gasteiger partial charge in [0.2, 0.25) is 0 Å². The predicted molar refractivity (Wildman–Crippen MR) is 114 cm³/mol. The Kier molecular flexibility index (Phi) is 6.54. The second kappa shape index (κ2) is 8.90. The van der Waals surface area contributed by atoms with Crippen molar-refractivity contribution < 1.29 is 9.84 Å². The Bertz CT molecular complexity index is 970. The first kappa shape index (κ1) is 20.6. The van der Waals surface area contributed by atoms with E-state index in [4.69, 9.17) is 39.1 Å². The first-order valence-electron chi connectivity index (χ1n) is 8.29. The van der Waals surface area contributed by atoms with E-state index in [1.165, 1.54) is 11.3 Å². The molecule has 1 aromatic carbocycles. The first-order valence-corrected chi connectivity index (χ1v) is 9.86. The van der Waals surface area contributed by atoms with E-state index in [0.29, 0.717) is 62.6 Å². The molecule has 0 amide bonds. The van der Waals surface area contributed by atoms with Gasteiger partial charge >= 0.3 is 0 Å². The van der Waals surface area contributed by atoms with Crippen molar-refractivity contribution in [1.82, 2.24) is 0 Å². The Morgan fingerprint density at radius 3 is 2.96 bits per heavy atom. The van der Waals surface area contributed by atoms with Crippen molar-refractivity contribution in [3.63, 3.8) is 0 Å². The number of aliphatic hydroxyl groups is 1. The lowest BCUT2D eigenvalue weighted by Crippen LogP contribution is -2.44. The van der Waals surface area contributed by atoms with Gasteiger partial charge < -0.3 is 30.9 Å². The molecule has 0 spiro atoms. The highest BCUT2D eigenvalue weighted by molar-refractivity contribution is 7.19. The number of aliphatic hydroxyl groups excluding tert-OH is 1. The molecule has 1 atom stereocenters. The van der Waals surface area contributed by atoms with Gasteiger partial charge in [0.1, 0.15) is 11.1 Å². The van der Waals surface area contributed by atoms with Crippen LogP contribution in [-0.4, -0.2) is 49.7 Å². The van der Waals surface area contributed by atoms with E-state index in [0.717, 1.165) is 0 Å². The summed E-state index contributed by atoms with van der Waals surface area (Å²) in [6, 6.07) is 7.22. The Morgan fingerprint density at radius 2 is 2.32 bits per heavy atom. The molecule has 1 aromatic heterocycles. The monoisotopic (exact) mass is 436 g/mol. The van der Waals surface area contributed by atoms with Crippen molar-refractivity contribution in [2.45, 2.75) is 6.10 Å². The molecule has 3 N–H and O–H groups in total. The molecular formula is C18H16Cl2N5O2S-. The summed E-state index contributed by atoms with van der Waals surface area (Å²) in [5, 5.41) is 29.9. The van der Waals surface area contributed by atoms with Gasteiger partial charge in [-0.05, 0) is 12.1 Å². The van der Waals surface area contributed by atoms with Crippen LogP contribution in [0, 0.1) is 11.3 Å². The Morgan fingerprint density at radius 1 is 1.54 bits per heavy atom. The molecule has 2 aromatic rings. The van der Waals surface area contributed by atoms with Gasteiger partial charge in [0, 0.05) is 40.1 Å². The summed E-state index contributed by atoms with van der Waals surface area (Å²) in [5.41, 5.74) is 7.55. The van der Waals surface area contributed by atoms with Crippen LogP contribution in [0.3, 0.4) is 0 Å². The fraction of sp³-hybridized carbons (Fsp3) is 0.278. The largest absolute Gasteiger partial charge is 0.472 e. The van der Waals surface area contributed by atoms with Gasteiger partial charge in [-0.15, -0.1) is 17.7 Å². The topological polar surface area (TPSA) is 117 Å². The van der Waals surface area contributed by atoms with Gasteiger partial charge in [-0.2, -0.15) is 5.26 Å². The van der Waals surface area contributed by atoms with Crippen LogP contribution in [0.15, 0.2) is 23.2 Å². The fourth-order valence-corrected chi connectivity index (χ4v) is 4.72. The summed E-state index contributed by atoms with van der Waals surface area (Å²) in [4.78, 5) is 6.25. The number of rotatable bonds is 5. The van der Waals surface area contributed by atoms with Crippen molar-refractivity contribution in [3.8, 4) is 17.2 Å². The first-order chi connectivity index (χ1) is 13.5. The number of morpholine rings is 1. The lowest BCUT2D eigenvalue weighted by molar-refractivity contribution is 0.00373. The van der Waals surface area contributed by atoms with E-state index >= 15 is 0 Å². The number of anilines is 1. The standard InChI is InChI=1S/C18H16Cl2N5O2S/c19-10-1-2-12(14(20)5-10)15-13(6-21)18(28-16(15)17(23)24-9-22)25-3-4-27-11(7-25)8-26/h1-2,5,9,11,26H,3-4,7-8H2,(H2-,22,23,24)/q-1. The van der Waals surface area contributed by atoms with Gasteiger partial charge in [-0.1, -0.05) is 29.3 Å². The highest BCUT2D eigenvalue weighted by Crippen LogP contribution is 2.44. The van der Waals surface area contributed by atoms with Gasteiger partial charge in [0.05, 0.1) is 29.8 Å². The molecule has 0 bridgehead atoms. The number of halogens is 2. The molecule has 10 heteroatoms. The van der Waals surface area contributed by atoms with Crippen LogP contribution in [0.5, 0.6) is 0 Å². The van der Waals surface area contributed by atoms with Crippen LogP contribution in [0.1, 0.15) is 10.4 Å². The van der Waals surface area contributed by atoms with Gasteiger partial charge in [-0.25, -0.2) is 0 Å². The molecule has 1 aliphatic heterocycles. The molecule has 146 valence electrons. The highest BCUT2D eigenvalue weighted by atomic mass is 35.5. The molecule has 0 aliphatic carbocycles. The summed E-state index contributed by atoms with van der Waals surface area (Å²) in [6.45, 7) is 1.30. The van der Waals surface area contributed by atoms with Crippen LogP contribution < -0.4 is 10.6 Å². The van der Waals surface area contributed by atoms with Crippen molar-refractivity contribution in [3.05, 3.63) is 44.1 Å². The average Bonchev–Trinajstić information content (AvgIpc) is 3.07. The molecule has 0 saturated carbocycles. The maximum atomic E-state index is 9.93. The van der Waals surface area contributed by atoms with Crippen molar-refractivity contribution in [2.24, 2.45) is 10.7 Å². The van der Waals surface area contributed by atoms with Crippen molar-refractivity contribution in [2.75, 3.05) is 31.2 Å². The molecule has 3 rings (SSSR count). The molecule has 1 unspecified atom stereocenters. The van der Waals surface area contributed by atoms with Crippen LogP contribution in [-0.2, 0) is 4.74 Å². The van der Waals surface area contributed by atoms with Gasteiger partial charge in [0.25, 0.3) is 0 Å². The molecule has 2 heterocycles. The number of benzene rings is 1. The molecule has 1 aliphatic rings. The minimum Gasteiger partial charge on any atom is -0.472 e. The second-order valence-corrected chi connectivity index (χ2v) is 7.82. The summed E-state index contributed by atoms with van der Waals surface area (Å²) in [6.07, 6.45) is 0.259. The number of thiophene rings is 1. The number of amidine groups is 1. The quantitative estimate of drug-likeness (QED) is 0.551. The van der Waals surface area contributed by atoms with Crippen LogP contribution in [0.4, 0.5) is 5.00 Å².